The Balaban J connectivity index is 2.30. The van der Waals surface area contributed by atoms with Crippen LogP contribution in [-0.4, -0.2) is 77.2 Å². The van der Waals surface area contributed by atoms with E-state index in [1.165, 1.54) is 22.8 Å². The molecule has 0 bridgehead atoms. The first-order valence-electron chi connectivity index (χ1n) is 8.89. The first kappa shape index (κ1) is 22.2. The van der Waals surface area contributed by atoms with Crippen LogP contribution >= 0.6 is 0 Å². The van der Waals surface area contributed by atoms with E-state index in [0.717, 1.165) is 6.26 Å². The normalized spacial score (nSPS) is 21.6. The Morgan fingerprint density at radius 1 is 1.39 bits per heavy atom. The molecule has 1 saturated heterocycles. The maximum atomic E-state index is 13.3. The highest BCUT2D eigenvalue weighted by Gasteiger charge is 2.44. The molecule has 28 heavy (non-hydrogen) atoms. The van der Waals surface area contributed by atoms with Crippen LogP contribution < -0.4 is 10.0 Å². The van der Waals surface area contributed by atoms with E-state index in [1.54, 1.807) is 0 Å². The highest BCUT2D eigenvalue weighted by Crippen LogP contribution is 2.34. The monoisotopic (exact) mass is 416 g/mol. The zero-order chi connectivity index (χ0) is 21.3. The summed E-state index contributed by atoms with van der Waals surface area (Å²) in [5, 5.41) is 20.5. The molecule has 2 heterocycles. The van der Waals surface area contributed by atoms with Crippen LogP contribution in [0.1, 0.15) is 38.9 Å². The van der Waals surface area contributed by atoms with Gasteiger partial charge in [-0.1, -0.05) is 26.0 Å². The fourth-order valence-corrected chi connectivity index (χ4v) is 3.65. The number of aromatic nitrogens is 3. The summed E-state index contributed by atoms with van der Waals surface area (Å²) in [7, 11) is -1.91. The lowest BCUT2D eigenvalue weighted by Crippen LogP contribution is -2.49. The van der Waals surface area contributed by atoms with Crippen molar-refractivity contribution < 1.29 is 23.1 Å². The van der Waals surface area contributed by atoms with Gasteiger partial charge in [0.1, 0.15) is 12.1 Å². The van der Waals surface area contributed by atoms with Gasteiger partial charge < -0.3 is 15.3 Å². The molecule has 1 aromatic rings. The Labute approximate surface area is 164 Å². The molecular formula is C16H28N6O5S. The molecule has 11 nitrogen and oxygen atoms in total. The highest BCUT2D eigenvalue weighted by atomic mass is 32.2. The van der Waals surface area contributed by atoms with E-state index in [9.17, 15) is 23.1 Å². The van der Waals surface area contributed by atoms with Crippen molar-refractivity contribution >= 4 is 21.8 Å². The third-order valence-electron chi connectivity index (χ3n) is 4.50. The van der Waals surface area contributed by atoms with E-state index in [2.05, 4.69) is 20.4 Å². The van der Waals surface area contributed by atoms with Gasteiger partial charge in [0, 0.05) is 20.0 Å². The fourth-order valence-electron chi connectivity index (χ4n) is 3.24. The second kappa shape index (κ2) is 8.13. The summed E-state index contributed by atoms with van der Waals surface area (Å²) in [6, 6.07) is -1.54. The molecule has 2 rings (SSSR count). The number of amides is 2. The lowest BCUT2D eigenvalue weighted by molar-refractivity contribution is -0.144. The van der Waals surface area contributed by atoms with Gasteiger partial charge in [-0.3, -0.25) is 9.59 Å². The van der Waals surface area contributed by atoms with Gasteiger partial charge in [0.25, 0.3) is 0 Å². The number of hydrogen-bond donors (Lipinski definition) is 3. The number of carbonyl (C=O) groups is 2. The van der Waals surface area contributed by atoms with Gasteiger partial charge in [0.2, 0.25) is 21.8 Å². The predicted octanol–water partition coefficient (Wildman–Crippen LogP) is -1.38. The largest absolute Gasteiger partial charge is 0.391 e. The van der Waals surface area contributed by atoms with E-state index in [-0.39, 0.29) is 31.3 Å². The Bertz CT molecular complexity index is 831. The van der Waals surface area contributed by atoms with Crippen molar-refractivity contribution in [2.75, 3.05) is 19.8 Å². The maximum absolute atomic E-state index is 13.3. The van der Waals surface area contributed by atoms with Crippen LogP contribution in [0.15, 0.2) is 6.20 Å². The minimum absolute atomic E-state index is 0.0484. The highest BCUT2D eigenvalue weighted by molar-refractivity contribution is 7.88. The van der Waals surface area contributed by atoms with Crippen LogP contribution in [0.3, 0.4) is 0 Å². The number of aliphatic hydroxyl groups is 1. The Morgan fingerprint density at radius 2 is 2.04 bits per heavy atom. The average Bonchev–Trinajstić information content (AvgIpc) is 3.17. The molecule has 0 radical (unpaired) electrons. The molecule has 158 valence electrons. The molecule has 0 saturated carbocycles. The molecule has 3 atom stereocenters. The molecule has 3 N–H and O–H groups in total. The lowest BCUT2D eigenvalue weighted by atomic mass is 9.85. The van der Waals surface area contributed by atoms with Crippen LogP contribution in [-0.2, 0) is 26.2 Å². The molecule has 0 aromatic carbocycles. The number of hydrogen-bond acceptors (Lipinski definition) is 7. The van der Waals surface area contributed by atoms with E-state index in [0.29, 0.717) is 5.69 Å². The molecule has 12 heteroatoms. The van der Waals surface area contributed by atoms with Crippen molar-refractivity contribution in [3.05, 3.63) is 11.9 Å². The number of nitrogens with zero attached hydrogens (tertiary/aromatic N) is 4. The minimum Gasteiger partial charge on any atom is -0.391 e. The zero-order valence-electron chi connectivity index (χ0n) is 16.7. The average molecular weight is 417 g/mol. The maximum Gasteiger partial charge on any atom is 0.248 e. The van der Waals surface area contributed by atoms with Gasteiger partial charge >= 0.3 is 0 Å². The van der Waals surface area contributed by atoms with E-state index in [1.807, 2.05) is 20.8 Å². The first-order valence-corrected chi connectivity index (χ1v) is 10.8. The van der Waals surface area contributed by atoms with Gasteiger partial charge in [-0.05, 0) is 5.41 Å². The van der Waals surface area contributed by atoms with Gasteiger partial charge in [-0.2, -0.15) is 0 Å². The van der Waals surface area contributed by atoms with Crippen LogP contribution in [0.5, 0.6) is 0 Å². The topological polar surface area (TPSA) is 147 Å². The second-order valence-corrected chi connectivity index (χ2v) is 9.89. The van der Waals surface area contributed by atoms with E-state index >= 15 is 0 Å². The Kier molecular flexibility index (Phi) is 6.46. The summed E-state index contributed by atoms with van der Waals surface area (Å²) in [4.78, 5) is 26.9. The molecule has 2 amide bonds. The molecule has 1 aliphatic rings. The van der Waals surface area contributed by atoms with Crippen molar-refractivity contribution in [2.45, 2.75) is 51.9 Å². The Hall–Kier alpha value is -2.05. The summed E-state index contributed by atoms with van der Waals surface area (Å²) in [6.45, 7) is 5.57. The number of carbonyl (C=O) groups excluding carboxylic acids is 2. The van der Waals surface area contributed by atoms with Gasteiger partial charge in [0.15, 0.2) is 0 Å². The van der Waals surface area contributed by atoms with Crippen molar-refractivity contribution in [1.29, 1.82) is 0 Å². The van der Waals surface area contributed by atoms with Crippen molar-refractivity contribution in [2.24, 2.45) is 5.41 Å². The molecule has 1 aromatic heterocycles. The molecule has 0 spiro atoms. The van der Waals surface area contributed by atoms with E-state index in [4.69, 9.17) is 0 Å². The number of rotatable bonds is 6. The summed E-state index contributed by atoms with van der Waals surface area (Å²) in [6.07, 6.45) is 1.93. The first-order chi connectivity index (χ1) is 12.8. The number of nitrogens with one attached hydrogen (secondary N) is 2. The molecule has 1 aliphatic heterocycles. The summed E-state index contributed by atoms with van der Waals surface area (Å²) < 4.78 is 26.2. The van der Waals surface area contributed by atoms with Gasteiger partial charge in [-0.15, -0.1) is 5.10 Å². The molecule has 0 unspecified atom stereocenters. The molecule has 1 fully saturated rings. The molecular weight excluding hydrogens is 388 g/mol. The quantitative estimate of drug-likeness (QED) is 0.518. The van der Waals surface area contributed by atoms with Crippen LogP contribution in [0.25, 0.3) is 0 Å². The molecule has 0 aliphatic carbocycles. The number of aliphatic hydroxyl groups excluding tert-OH is 1. The smallest absolute Gasteiger partial charge is 0.248 e. The summed E-state index contributed by atoms with van der Waals surface area (Å²) in [5.74, 6) is -0.695. The van der Waals surface area contributed by atoms with Crippen molar-refractivity contribution in [3.8, 4) is 0 Å². The third kappa shape index (κ3) is 5.26. The van der Waals surface area contributed by atoms with Crippen LogP contribution in [0.2, 0.25) is 0 Å². The summed E-state index contributed by atoms with van der Waals surface area (Å²) >= 11 is 0. The van der Waals surface area contributed by atoms with Crippen molar-refractivity contribution in [3.63, 3.8) is 0 Å². The third-order valence-corrected chi connectivity index (χ3v) is 5.17. The lowest BCUT2D eigenvalue weighted by Gasteiger charge is -2.34. The van der Waals surface area contributed by atoms with Gasteiger partial charge in [-0.25, -0.2) is 17.8 Å². The minimum atomic E-state index is -3.39. The van der Waals surface area contributed by atoms with Crippen LogP contribution in [0, 0.1) is 5.41 Å². The number of sulfonamides is 1. The number of likely N-dealkylation sites (tertiary alicyclic amines) is 1. The number of likely N-dealkylation sites (N-methyl/N-ethyl adjacent to an activating group) is 1. The van der Waals surface area contributed by atoms with Crippen molar-refractivity contribution in [1.82, 2.24) is 29.9 Å². The Morgan fingerprint density at radius 3 is 2.57 bits per heavy atom. The van der Waals surface area contributed by atoms with E-state index < -0.39 is 33.6 Å². The standard InChI is InChI=1S/C16H28N6O5S/c1-16(2,3)13(22-8-10(19-20-22)7-18-28(5,26)27)15(25)21-9-11(23)6-12(21)14(24)17-4/h8,11-13,18,23H,6-7,9H2,1-5H3,(H,17,24)/t11-,12+,13-/m1/s1. The predicted molar refractivity (Wildman–Crippen MR) is 100 cm³/mol. The van der Waals surface area contributed by atoms with Gasteiger partial charge in [0.05, 0.1) is 30.8 Å². The second-order valence-electron chi connectivity index (χ2n) is 8.06. The fraction of sp³-hybridized carbons (Fsp3) is 0.750. The summed E-state index contributed by atoms with van der Waals surface area (Å²) in [5.41, 5.74) is -0.218. The number of β-amino-alcohol motifs (C(OH)–C–C–N with tert-alkyl or cyclic N) is 1. The van der Waals surface area contributed by atoms with Crippen LogP contribution in [0.4, 0.5) is 0 Å². The SMILES string of the molecule is CNC(=O)[C@@H]1C[C@@H](O)CN1C(=O)[C@@H](n1cc(CNS(C)(=O)=O)nn1)C(C)(C)C. The zero-order valence-corrected chi connectivity index (χ0v) is 17.5.